The minimum atomic E-state index is -0.371. The largest absolute Gasteiger partial charge is 0.508 e. The van der Waals surface area contributed by atoms with Gasteiger partial charge in [-0.3, -0.25) is 0 Å². The van der Waals surface area contributed by atoms with Gasteiger partial charge in [0.05, 0.1) is 6.10 Å². The van der Waals surface area contributed by atoms with E-state index in [4.69, 9.17) is 4.42 Å². The van der Waals surface area contributed by atoms with Crippen LogP contribution in [0.25, 0.3) is 28.7 Å². The lowest BCUT2D eigenvalue weighted by molar-refractivity contribution is 0.184. The number of furan rings is 1. The molecule has 3 heteroatoms. The Bertz CT molecular complexity index is 963. The molecule has 1 aliphatic rings. The summed E-state index contributed by atoms with van der Waals surface area (Å²) >= 11 is 0. The average Bonchev–Trinajstić information content (AvgIpc) is 3.29. The molecule has 1 heterocycles. The number of aromatic hydroxyl groups is 1. The van der Waals surface area contributed by atoms with Crippen LogP contribution in [-0.4, -0.2) is 16.3 Å². The number of fused-ring (bicyclic) bond motifs is 1. The molecule has 4 rings (SSSR count). The number of hydrogen-bond donors (Lipinski definition) is 2. The van der Waals surface area contributed by atoms with E-state index in [1.54, 1.807) is 13.0 Å². The summed E-state index contributed by atoms with van der Waals surface area (Å²) in [5.74, 6) is 1.79. The van der Waals surface area contributed by atoms with Crippen molar-refractivity contribution in [1.82, 2.24) is 0 Å². The Hall–Kier alpha value is -2.78. The molecule has 0 saturated heterocycles. The molecule has 0 aliphatic heterocycles. The van der Waals surface area contributed by atoms with E-state index in [1.807, 2.05) is 24.3 Å². The number of aryl methyl sites for hydroxylation is 1. The number of phenols is 1. The molecular formula is C23H22O3. The molecule has 1 aliphatic carbocycles. The molecule has 1 atom stereocenters. The minimum Gasteiger partial charge on any atom is -0.508 e. The van der Waals surface area contributed by atoms with Crippen LogP contribution in [0.5, 0.6) is 5.75 Å². The second kappa shape index (κ2) is 6.85. The first kappa shape index (κ1) is 16.7. The van der Waals surface area contributed by atoms with Crippen LogP contribution >= 0.6 is 0 Å². The van der Waals surface area contributed by atoms with Crippen LogP contribution in [0, 0.1) is 0 Å². The first-order valence-electron chi connectivity index (χ1n) is 9.00. The first-order chi connectivity index (χ1) is 12.6. The first-order valence-corrected chi connectivity index (χ1v) is 9.00. The highest BCUT2D eigenvalue weighted by Crippen LogP contribution is 2.33. The van der Waals surface area contributed by atoms with Gasteiger partial charge in [-0.15, -0.1) is 0 Å². The molecule has 2 aromatic carbocycles. The van der Waals surface area contributed by atoms with Crippen LogP contribution in [0.4, 0.5) is 0 Å². The predicted molar refractivity (Wildman–Crippen MR) is 104 cm³/mol. The quantitative estimate of drug-likeness (QED) is 0.667. The van der Waals surface area contributed by atoms with Crippen molar-refractivity contribution in [2.45, 2.75) is 32.3 Å². The Morgan fingerprint density at radius 3 is 2.46 bits per heavy atom. The third kappa shape index (κ3) is 3.31. The summed E-state index contributed by atoms with van der Waals surface area (Å²) in [6.45, 7) is 1.75. The van der Waals surface area contributed by atoms with Crippen LogP contribution in [0.3, 0.4) is 0 Å². The Morgan fingerprint density at radius 1 is 1.00 bits per heavy atom. The van der Waals surface area contributed by atoms with Crippen LogP contribution in [-0.2, 0) is 12.8 Å². The molecule has 0 saturated carbocycles. The summed E-state index contributed by atoms with van der Waals surface area (Å²) in [6.07, 6.45) is 6.22. The van der Waals surface area contributed by atoms with Gasteiger partial charge in [-0.2, -0.15) is 0 Å². The summed E-state index contributed by atoms with van der Waals surface area (Å²) in [6, 6.07) is 15.9. The van der Waals surface area contributed by atoms with Gasteiger partial charge in [0.1, 0.15) is 17.3 Å². The highest BCUT2D eigenvalue weighted by atomic mass is 16.3. The summed E-state index contributed by atoms with van der Waals surface area (Å²) in [5, 5.41) is 19.7. The molecule has 26 heavy (non-hydrogen) atoms. The molecule has 3 nitrogen and oxygen atoms in total. The van der Waals surface area contributed by atoms with Gasteiger partial charge in [-0.1, -0.05) is 36.4 Å². The maximum absolute atomic E-state index is 10.3. The molecule has 132 valence electrons. The fourth-order valence-corrected chi connectivity index (χ4v) is 3.34. The molecule has 0 spiro atoms. The summed E-state index contributed by atoms with van der Waals surface area (Å²) < 4.78 is 6.03. The van der Waals surface area contributed by atoms with Gasteiger partial charge in [-0.25, -0.2) is 0 Å². The predicted octanol–water partition coefficient (Wildman–Crippen LogP) is 5.20. The second-order valence-electron chi connectivity index (χ2n) is 6.92. The smallest absolute Gasteiger partial charge is 0.134 e. The SMILES string of the molecule is CC(O)CCc1ccc(-c2ccc(-c3ccc4c(c3)C=CC4)o2)cc1O. The number of hydrogen-bond acceptors (Lipinski definition) is 3. The molecule has 2 N–H and O–H groups in total. The number of phenolic OH excluding ortho intramolecular Hbond substituents is 1. The zero-order valence-corrected chi connectivity index (χ0v) is 14.8. The Labute approximate surface area is 153 Å². The third-order valence-corrected chi connectivity index (χ3v) is 4.87. The molecule has 0 bridgehead atoms. The van der Waals surface area contributed by atoms with E-state index in [-0.39, 0.29) is 11.9 Å². The highest BCUT2D eigenvalue weighted by Gasteiger charge is 2.12. The number of aliphatic hydroxyl groups is 1. The lowest BCUT2D eigenvalue weighted by Gasteiger charge is -2.08. The van der Waals surface area contributed by atoms with Gasteiger partial charge in [0.2, 0.25) is 0 Å². The van der Waals surface area contributed by atoms with Crippen molar-refractivity contribution in [1.29, 1.82) is 0 Å². The zero-order chi connectivity index (χ0) is 18.1. The average molecular weight is 346 g/mol. The van der Waals surface area contributed by atoms with E-state index in [1.165, 1.54) is 11.1 Å². The van der Waals surface area contributed by atoms with Crippen LogP contribution in [0.15, 0.2) is 59.0 Å². The Morgan fingerprint density at radius 2 is 1.73 bits per heavy atom. The fraction of sp³-hybridized carbons (Fsp3) is 0.217. The molecule has 0 amide bonds. The van der Waals surface area contributed by atoms with Gasteiger partial charge in [0, 0.05) is 11.1 Å². The summed E-state index contributed by atoms with van der Waals surface area (Å²) in [7, 11) is 0. The number of rotatable bonds is 5. The lowest BCUT2D eigenvalue weighted by atomic mass is 10.0. The van der Waals surface area contributed by atoms with Crippen LogP contribution < -0.4 is 0 Å². The van der Waals surface area contributed by atoms with E-state index in [0.29, 0.717) is 12.8 Å². The van der Waals surface area contributed by atoms with Crippen molar-refractivity contribution in [2.75, 3.05) is 0 Å². The van der Waals surface area contributed by atoms with E-state index in [0.717, 1.165) is 34.6 Å². The van der Waals surface area contributed by atoms with Crippen molar-refractivity contribution < 1.29 is 14.6 Å². The Balaban J connectivity index is 1.58. The topological polar surface area (TPSA) is 53.6 Å². The van der Waals surface area contributed by atoms with E-state index in [2.05, 4.69) is 30.4 Å². The molecule has 3 aromatic rings. The number of allylic oxidation sites excluding steroid dienone is 1. The van der Waals surface area contributed by atoms with Crippen LogP contribution in [0.1, 0.15) is 30.0 Å². The van der Waals surface area contributed by atoms with E-state index in [9.17, 15) is 10.2 Å². The lowest BCUT2D eigenvalue weighted by Crippen LogP contribution is -2.01. The number of aliphatic hydroxyl groups excluding tert-OH is 1. The monoisotopic (exact) mass is 346 g/mol. The van der Waals surface area contributed by atoms with E-state index < -0.39 is 0 Å². The fourth-order valence-electron chi connectivity index (χ4n) is 3.34. The van der Waals surface area contributed by atoms with Gasteiger partial charge in [0.15, 0.2) is 0 Å². The van der Waals surface area contributed by atoms with Crippen molar-refractivity contribution >= 4 is 6.08 Å². The maximum Gasteiger partial charge on any atom is 0.134 e. The molecular weight excluding hydrogens is 324 g/mol. The highest BCUT2D eigenvalue weighted by molar-refractivity contribution is 5.71. The normalized spacial score (nSPS) is 13.8. The van der Waals surface area contributed by atoms with Gasteiger partial charge in [-0.05, 0) is 67.1 Å². The zero-order valence-electron chi connectivity index (χ0n) is 14.8. The molecule has 0 radical (unpaired) electrons. The standard InChI is InChI=1S/C23H22O3/c1-15(24)5-6-17-8-10-20(14-21(17)25)23-12-11-22(26-23)19-9-7-16-3-2-4-18(16)13-19/h2,4,7-15,24-25H,3,5-6H2,1H3. The molecule has 0 fully saturated rings. The molecule has 1 aromatic heterocycles. The third-order valence-electron chi connectivity index (χ3n) is 4.87. The Kier molecular flexibility index (Phi) is 4.39. The van der Waals surface area contributed by atoms with E-state index >= 15 is 0 Å². The summed E-state index contributed by atoms with van der Waals surface area (Å²) in [4.78, 5) is 0. The van der Waals surface area contributed by atoms with Crippen molar-refractivity contribution in [3.8, 4) is 28.4 Å². The van der Waals surface area contributed by atoms with Gasteiger partial charge in [0.25, 0.3) is 0 Å². The van der Waals surface area contributed by atoms with Gasteiger partial charge < -0.3 is 14.6 Å². The van der Waals surface area contributed by atoms with Crippen molar-refractivity contribution in [2.24, 2.45) is 0 Å². The van der Waals surface area contributed by atoms with Crippen LogP contribution in [0.2, 0.25) is 0 Å². The second-order valence-corrected chi connectivity index (χ2v) is 6.92. The van der Waals surface area contributed by atoms with Gasteiger partial charge >= 0.3 is 0 Å². The molecule has 1 unspecified atom stereocenters. The minimum absolute atomic E-state index is 0.240. The maximum atomic E-state index is 10.3. The van der Waals surface area contributed by atoms with Crippen molar-refractivity contribution in [3.05, 3.63) is 71.3 Å². The number of benzene rings is 2. The van der Waals surface area contributed by atoms with Crippen molar-refractivity contribution in [3.63, 3.8) is 0 Å². The summed E-state index contributed by atoms with van der Waals surface area (Å²) in [5.41, 5.74) is 5.33.